The van der Waals surface area contributed by atoms with Crippen molar-refractivity contribution in [1.29, 1.82) is 0 Å². The summed E-state index contributed by atoms with van der Waals surface area (Å²) in [6, 6.07) is 21.3. The molecule has 1 aliphatic heterocycles. The lowest BCUT2D eigenvalue weighted by Crippen LogP contribution is -2.28. The molecule has 4 aromatic rings. The van der Waals surface area contributed by atoms with Gasteiger partial charge >= 0.3 is 0 Å². The second-order valence-electron chi connectivity index (χ2n) is 7.54. The minimum atomic E-state index is -0.379. The molecule has 5 nitrogen and oxygen atoms in total. The van der Waals surface area contributed by atoms with Crippen LogP contribution in [0.1, 0.15) is 12.0 Å². The number of benzene rings is 3. The molecule has 0 bridgehead atoms. The first kappa shape index (κ1) is 17.5. The standard InChI is InChI=1S/C24H20N2O3/c1-15-6-9-18(10-7-15)26-14-16(12-23(26)27)24(28)25-17-8-11-20-19-4-2-3-5-21(19)29-22(20)13-17/h2-11,13,16H,12,14H2,1H3,(H,25,28)/t16-/m0/s1. The molecular weight excluding hydrogens is 364 g/mol. The lowest BCUT2D eigenvalue weighted by molar-refractivity contribution is -0.122. The molecule has 1 aliphatic rings. The van der Waals surface area contributed by atoms with Crippen LogP contribution >= 0.6 is 0 Å². The van der Waals surface area contributed by atoms with E-state index in [-0.39, 0.29) is 24.2 Å². The molecule has 5 rings (SSSR count). The highest BCUT2D eigenvalue weighted by atomic mass is 16.3. The minimum Gasteiger partial charge on any atom is -0.456 e. The van der Waals surface area contributed by atoms with Crippen molar-refractivity contribution < 1.29 is 14.0 Å². The van der Waals surface area contributed by atoms with Gasteiger partial charge in [-0.15, -0.1) is 0 Å². The number of hydrogen-bond acceptors (Lipinski definition) is 3. The second-order valence-corrected chi connectivity index (χ2v) is 7.54. The minimum absolute atomic E-state index is 0.0262. The van der Waals surface area contributed by atoms with Crippen molar-refractivity contribution in [2.75, 3.05) is 16.8 Å². The Bertz CT molecular complexity index is 1240. The van der Waals surface area contributed by atoms with Crippen molar-refractivity contribution in [3.8, 4) is 0 Å². The average molecular weight is 384 g/mol. The Morgan fingerprint density at radius 3 is 2.59 bits per heavy atom. The maximum Gasteiger partial charge on any atom is 0.229 e. The summed E-state index contributed by atoms with van der Waals surface area (Å²) in [4.78, 5) is 26.9. The number of furan rings is 1. The van der Waals surface area contributed by atoms with Crippen LogP contribution in [0.4, 0.5) is 11.4 Å². The van der Waals surface area contributed by atoms with Crippen LogP contribution in [0.15, 0.2) is 71.1 Å². The van der Waals surface area contributed by atoms with Gasteiger partial charge in [-0.1, -0.05) is 35.9 Å². The normalized spacial score (nSPS) is 16.7. The Morgan fingerprint density at radius 2 is 1.76 bits per heavy atom. The van der Waals surface area contributed by atoms with Gasteiger partial charge in [0.25, 0.3) is 0 Å². The van der Waals surface area contributed by atoms with Crippen LogP contribution in [0.5, 0.6) is 0 Å². The van der Waals surface area contributed by atoms with Gasteiger partial charge in [0.15, 0.2) is 0 Å². The highest BCUT2D eigenvalue weighted by Crippen LogP contribution is 2.31. The number of carbonyl (C=O) groups excluding carboxylic acids is 2. The van der Waals surface area contributed by atoms with Gasteiger partial charge in [0, 0.05) is 41.2 Å². The van der Waals surface area contributed by atoms with E-state index in [1.165, 1.54) is 0 Å². The molecule has 1 fully saturated rings. The average Bonchev–Trinajstić information content (AvgIpc) is 3.29. The maximum absolute atomic E-state index is 12.8. The molecule has 2 amide bonds. The molecule has 29 heavy (non-hydrogen) atoms. The Labute approximate surface area is 167 Å². The van der Waals surface area contributed by atoms with E-state index in [1.54, 1.807) is 4.90 Å². The van der Waals surface area contributed by atoms with Crippen LogP contribution in [-0.2, 0) is 9.59 Å². The predicted octanol–water partition coefficient (Wildman–Crippen LogP) is 4.89. The summed E-state index contributed by atoms with van der Waals surface area (Å²) in [5.41, 5.74) is 4.19. The number of aryl methyl sites for hydroxylation is 1. The van der Waals surface area contributed by atoms with Crippen molar-refractivity contribution in [3.05, 3.63) is 72.3 Å². The monoisotopic (exact) mass is 384 g/mol. The quantitative estimate of drug-likeness (QED) is 0.547. The molecular formula is C24H20N2O3. The molecule has 144 valence electrons. The van der Waals surface area contributed by atoms with Gasteiger partial charge in [-0.25, -0.2) is 0 Å². The first-order valence-electron chi connectivity index (χ1n) is 9.68. The van der Waals surface area contributed by atoms with Crippen molar-refractivity contribution in [3.63, 3.8) is 0 Å². The van der Waals surface area contributed by atoms with Crippen molar-refractivity contribution in [2.24, 2.45) is 5.92 Å². The SMILES string of the molecule is Cc1ccc(N2C[C@@H](C(=O)Nc3ccc4c(c3)oc3ccccc34)CC2=O)cc1. The molecule has 0 radical (unpaired) electrons. The highest BCUT2D eigenvalue weighted by Gasteiger charge is 2.35. The number of para-hydroxylation sites is 1. The van der Waals surface area contributed by atoms with Gasteiger partial charge in [0.1, 0.15) is 11.2 Å². The molecule has 1 aromatic heterocycles. The van der Waals surface area contributed by atoms with Crippen LogP contribution in [0.2, 0.25) is 0 Å². The van der Waals surface area contributed by atoms with Gasteiger partial charge in [0.05, 0.1) is 5.92 Å². The Morgan fingerprint density at radius 1 is 1.00 bits per heavy atom. The molecule has 5 heteroatoms. The fraction of sp³-hybridized carbons (Fsp3) is 0.167. The van der Waals surface area contributed by atoms with Crippen LogP contribution in [-0.4, -0.2) is 18.4 Å². The van der Waals surface area contributed by atoms with Gasteiger partial charge in [-0.3, -0.25) is 9.59 Å². The largest absolute Gasteiger partial charge is 0.456 e. The molecule has 1 atom stereocenters. The highest BCUT2D eigenvalue weighted by molar-refractivity contribution is 6.07. The smallest absolute Gasteiger partial charge is 0.229 e. The Kier molecular flexibility index (Phi) is 4.09. The number of nitrogens with zero attached hydrogens (tertiary/aromatic N) is 1. The van der Waals surface area contributed by atoms with Crippen LogP contribution in [0.3, 0.4) is 0 Å². The number of fused-ring (bicyclic) bond motifs is 3. The zero-order chi connectivity index (χ0) is 20.0. The fourth-order valence-corrected chi connectivity index (χ4v) is 3.91. The number of amides is 2. The Balaban J connectivity index is 1.34. The lowest BCUT2D eigenvalue weighted by Gasteiger charge is -2.17. The third kappa shape index (κ3) is 3.14. The van der Waals surface area contributed by atoms with Gasteiger partial charge < -0.3 is 14.6 Å². The zero-order valence-electron chi connectivity index (χ0n) is 16.0. The maximum atomic E-state index is 12.8. The van der Waals surface area contributed by atoms with Crippen molar-refractivity contribution in [1.82, 2.24) is 0 Å². The van der Waals surface area contributed by atoms with Gasteiger partial charge in [0.2, 0.25) is 11.8 Å². The third-order valence-corrected chi connectivity index (χ3v) is 5.49. The number of carbonyl (C=O) groups is 2. The lowest BCUT2D eigenvalue weighted by atomic mass is 10.1. The topological polar surface area (TPSA) is 62.6 Å². The predicted molar refractivity (Wildman–Crippen MR) is 114 cm³/mol. The summed E-state index contributed by atoms with van der Waals surface area (Å²) >= 11 is 0. The second kappa shape index (κ2) is 6.78. The van der Waals surface area contributed by atoms with E-state index < -0.39 is 0 Å². The summed E-state index contributed by atoms with van der Waals surface area (Å²) in [7, 11) is 0. The van der Waals surface area contributed by atoms with E-state index >= 15 is 0 Å². The fourth-order valence-electron chi connectivity index (χ4n) is 3.91. The molecule has 0 saturated carbocycles. The summed E-state index contributed by atoms with van der Waals surface area (Å²) < 4.78 is 5.89. The number of anilines is 2. The number of nitrogens with one attached hydrogen (secondary N) is 1. The molecule has 1 saturated heterocycles. The van der Waals surface area contributed by atoms with Crippen molar-refractivity contribution >= 4 is 45.1 Å². The summed E-state index contributed by atoms with van der Waals surface area (Å²) in [6.45, 7) is 2.39. The van der Waals surface area contributed by atoms with E-state index in [0.717, 1.165) is 33.2 Å². The molecule has 2 heterocycles. The third-order valence-electron chi connectivity index (χ3n) is 5.49. The van der Waals surface area contributed by atoms with Crippen LogP contribution < -0.4 is 10.2 Å². The molecule has 0 aliphatic carbocycles. The molecule has 1 N–H and O–H groups in total. The first-order valence-corrected chi connectivity index (χ1v) is 9.68. The summed E-state index contributed by atoms with van der Waals surface area (Å²) in [5.74, 6) is -0.555. The number of rotatable bonds is 3. The molecule has 0 spiro atoms. The van der Waals surface area contributed by atoms with E-state index in [2.05, 4.69) is 5.32 Å². The molecule has 0 unspecified atom stereocenters. The van der Waals surface area contributed by atoms with Gasteiger partial charge in [-0.05, 0) is 37.3 Å². The van der Waals surface area contributed by atoms with Gasteiger partial charge in [-0.2, -0.15) is 0 Å². The van der Waals surface area contributed by atoms with Crippen LogP contribution in [0, 0.1) is 12.8 Å². The summed E-state index contributed by atoms with van der Waals surface area (Å²) in [5, 5.41) is 5.01. The zero-order valence-corrected chi connectivity index (χ0v) is 16.0. The number of hydrogen-bond donors (Lipinski definition) is 1. The van der Waals surface area contributed by atoms with Crippen LogP contribution in [0.25, 0.3) is 21.9 Å². The molecule has 3 aromatic carbocycles. The van der Waals surface area contributed by atoms with Crippen molar-refractivity contribution in [2.45, 2.75) is 13.3 Å². The van der Waals surface area contributed by atoms with E-state index in [4.69, 9.17) is 4.42 Å². The van der Waals surface area contributed by atoms with E-state index in [9.17, 15) is 9.59 Å². The first-order chi connectivity index (χ1) is 14.1. The van der Waals surface area contributed by atoms with E-state index in [1.807, 2.05) is 73.7 Å². The Hall–Kier alpha value is -3.60. The van der Waals surface area contributed by atoms with E-state index in [0.29, 0.717) is 12.2 Å². The summed E-state index contributed by atoms with van der Waals surface area (Å²) in [6.07, 6.45) is 0.215.